The summed E-state index contributed by atoms with van der Waals surface area (Å²) in [6, 6.07) is 0. The van der Waals surface area contributed by atoms with Crippen LogP contribution in [0.25, 0.3) is 0 Å². The summed E-state index contributed by atoms with van der Waals surface area (Å²) < 4.78 is 1.58. The molecule has 1 aliphatic rings. The molecule has 0 spiro atoms. The molecule has 0 radical (unpaired) electrons. The summed E-state index contributed by atoms with van der Waals surface area (Å²) in [6.45, 7) is 2.24. The fourth-order valence-corrected chi connectivity index (χ4v) is 1.66. The number of halogens is 3. The Labute approximate surface area is 111 Å². The summed E-state index contributed by atoms with van der Waals surface area (Å²) in [7, 11) is 0. The van der Waals surface area contributed by atoms with Crippen LogP contribution >= 0.6 is 0 Å². The van der Waals surface area contributed by atoms with Gasteiger partial charge in [0.15, 0.2) is 0 Å². The van der Waals surface area contributed by atoms with E-state index < -0.39 is 0 Å². The minimum Gasteiger partial charge on any atom is -1.00 e. The van der Waals surface area contributed by atoms with Gasteiger partial charge in [0, 0.05) is 0 Å². The molecule has 0 saturated heterocycles. The van der Waals surface area contributed by atoms with Crippen LogP contribution in [0.2, 0.25) is 0 Å². The van der Waals surface area contributed by atoms with Crippen molar-refractivity contribution >= 4 is 0 Å². The van der Waals surface area contributed by atoms with Gasteiger partial charge in [-0.15, -0.1) is 0 Å². The van der Waals surface area contributed by atoms with Crippen LogP contribution in [-0.4, -0.2) is 0 Å². The average molecular weight is 275 g/mol. The molecule has 0 fully saturated rings. The maximum atomic E-state index is 2.28. The first kappa shape index (κ1) is 19.6. The van der Waals surface area contributed by atoms with Crippen molar-refractivity contribution in [2.24, 2.45) is 0 Å². The van der Waals surface area contributed by atoms with E-state index in [2.05, 4.69) is 39.5 Å². The van der Waals surface area contributed by atoms with Crippen LogP contribution in [0, 0.1) is 0 Å². The monoisotopic (exact) mass is 274 g/mol. The number of hydrogen-bond acceptors (Lipinski definition) is 0. The van der Waals surface area contributed by atoms with E-state index in [1.165, 1.54) is 25.7 Å². The zero-order chi connectivity index (χ0) is 7.40. The quantitative estimate of drug-likeness (QED) is 0.450. The van der Waals surface area contributed by atoms with Crippen LogP contribution in [-0.2, 0) is 20.4 Å². The average Bonchev–Trinajstić information content (AvgIpc) is 2.31. The molecule has 0 N–H and O–H groups in total. The van der Waals surface area contributed by atoms with Crippen molar-refractivity contribution in [2.45, 2.75) is 32.6 Å². The molecule has 0 aromatic rings. The second-order valence-corrected chi connectivity index (χ2v) is 3.66. The summed E-state index contributed by atoms with van der Waals surface area (Å²) >= 11 is 2.24. The van der Waals surface area contributed by atoms with Gasteiger partial charge in [-0.2, -0.15) is 0 Å². The standard InChI is InChI=1S/C9H13.3ClH.Ti/c1-2-3-6-9-7-4-5-8-9;;;;/h4,7H,2-3,5-6H2,1H3;3*1H;/q;;;;+3/p-3. The predicted molar refractivity (Wildman–Crippen MR) is 40.3 cm³/mol. The van der Waals surface area contributed by atoms with Gasteiger partial charge in [0.05, 0.1) is 0 Å². The van der Waals surface area contributed by atoms with Crippen LogP contribution in [0.1, 0.15) is 32.6 Å². The smallest absolute Gasteiger partial charge is 1.00 e. The van der Waals surface area contributed by atoms with Crippen molar-refractivity contribution < 1.29 is 57.7 Å². The molecule has 0 atom stereocenters. The zero-order valence-corrected chi connectivity index (χ0v) is 11.4. The Kier molecular flexibility index (Phi) is 16.8. The Balaban J connectivity index is -0.000000333. The molecule has 1 rings (SSSR count). The van der Waals surface area contributed by atoms with Gasteiger partial charge in [0.25, 0.3) is 0 Å². The minimum absolute atomic E-state index is 0. The fraction of sp³-hybridized carbons (Fsp3) is 0.556. The zero-order valence-electron chi connectivity index (χ0n) is 7.62. The molecule has 0 nitrogen and oxygen atoms in total. The van der Waals surface area contributed by atoms with E-state index in [9.17, 15) is 0 Å². The van der Waals surface area contributed by atoms with Gasteiger partial charge in [0.1, 0.15) is 0 Å². The van der Waals surface area contributed by atoms with Crippen molar-refractivity contribution in [3.63, 3.8) is 0 Å². The Morgan fingerprint density at radius 1 is 1.31 bits per heavy atom. The molecule has 0 bridgehead atoms. The Morgan fingerprint density at radius 2 is 1.92 bits per heavy atom. The van der Waals surface area contributed by atoms with E-state index in [0.717, 1.165) is 0 Å². The second kappa shape index (κ2) is 11.1. The third-order valence-electron chi connectivity index (χ3n) is 1.83. The van der Waals surface area contributed by atoms with Crippen LogP contribution in [0.3, 0.4) is 0 Å². The molecule has 13 heavy (non-hydrogen) atoms. The van der Waals surface area contributed by atoms with Crippen LogP contribution in [0.15, 0.2) is 21.6 Å². The van der Waals surface area contributed by atoms with Crippen molar-refractivity contribution in [1.82, 2.24) is 0 Å². The van der Waals surface area contributed by atoms with Crippen molar-refractivity contribution in [1.29, 1.82) is 0 Å². The van der Waals surface area contributed by atoms with Gasteiger partial charge < -0.3 is 37.2 Å². The SMILES string of the molecule is CCCCC1=[C]([Ti+3])CC=C1.[Cl-].[Cl-].[Cl-]. The third-order valence-corrected chi connectivity index (χ3v) is 2.65. The molecule has 0 aliphatic heterocycles. The van der Waals surface area contributed by atoms with E-state index in [-0.39, 0.29) is 37.2 Å². The molecule has 0 amide bonds. The summed E-state index contributed by atoms with van der Waals surface area (Å²) in [5.41, 5.74) is 1.59. The minimum atomic E-state index is 0. The largest absolute Gasteiger partial charge is 1.00 e. The maximum Gasteiger partial charge on any atom is -1.00 e. The molecule has 0 unspecified atom stereocenters. The third kappa shape index (κ3) is 7.05. The van der Waals surface area contributed by atoms with E-state index in [1.54, 1.807) is 9.45 Å². The van der Waals surface area contributed by atoms with Gasteiger partial charge in [-0.05, 0) is 0 Å². The first-order chi connectivity index (χ1) is 4.84. The van der Waals surface area contributed by atoms with E-state index in [1.807, 2.05) is 0 Å². The Morgan fingerprint density at radius 3 is 2.31 bits per heavy atom. The van der Waals surface area contributed by atoms with E-state index in [0.29, 0.717) is 0 Å². The Bertz CT molecular complexity index is 176. The van der Waals surface area contributed by atoms with Crippen molar-refractivity contribution in [3.05, 3.63) is 21.6 Å². The van der Waals surface area contributed by atoms with Gasteiger partial charge >= 0.3 is 74.6 Å². The van der Waals surface area contributed by atoms with Crippen LogP contribution < -0.4 is 37.2 Å². The predicted octanol–water partition coefficient (Wildman–Crippen LogP) is -6.05. The Hall–Kier alpha value is 1.06. The molecule has 0 aromatic carbocycles. The van der Waals surface area contributed by atoms with Gasteiger partial charge in [-0.3, -0.25) is 0 Å². The van der Waals surface area contributed by atoms with Crippen LogP contribution in [0.5, 0.6) is 0 Å². The van der Waals surface area contributed by atoms with Crippen molar-refractivity contribution in [2.75, 3.05) is 0 Å². The first-order valence-corrected chi connectivity index (χ1v) is 4.73. The molecule has 0 aromatic heterocycles. The fourth-order valence-electron chi connectivity index (χ4n) is 1.15. The first-order valence-electron chi connectivity index (χ1n) is 3.94. The van der Waals surface area contributed by atoms with E-state index >= 15 is 0 Å². The molecular formula is C9H13Cl3Ti. The molecule has 1 aliphatic carbocycles. The summed E-state index contributed by atoms with van der Waals surface area (Å²) in [5, 5.41) is 0. The summed E-state index contributed by atoms with van der Waals surface area (Å²) in [5.74, 6) is 0. The maximum absolute atomic E-state index is 2.28. The van der Waals surface area contributed by atoms with Crippen molar-refractivity contribution in [3.8, 4) is 0 Å². The molecule has 0 heterocycles. The molecule has 0 saturated carbocycles. The number of hydrogen-bond donors (Lipinski definition) is 0. The summed E-state index contributed by atoms with van der Waals surface area (Å²) in [6.07, 6.45) is 9.69. The molecular weight excluding hydrogens is 262 g/mol. The van der Waals surface area contributed by atoms with Gasteiger partial charge in [0.2, 0.25) is 0 Å². The number of rotatable bonds is 3. The number of unbranched alkanes of at least 4 members (excludes halogenated alkanes) is 1. The second-order valence-electron chi connectivity index (χ2n) is 2.71. The molecule has 74 valence electrons. The number of allylic oxidation sites excluding steroid dienone is 4. The van der Waals surface area contributed by atoms with E-state index in [4.69, 9.17) is 0 Å². The van der Waals surface area contributed by atoms with Gasteiger partial charge in [-0.25, -0.2) is 0 Å². The molecule has 4 heteroatoms. The normalized spacial score (nSPS) is 13.2. The topological polar surface area (TPSA) is 0 Å². The van der Waals surface area contributed by atoms with Crippen LogP contribution in [0.4, 0.5) is 0 Å². The summed E-state index contributed by atoms with van der Waals surface area (Å²) in [4.78, 5) is 0. The van der Waals surface area contributed by atoms with Gasteiger partial charge in [-0.1, -0.05) is 0 Å².